The summed E-state index contributed by atoms with van der Waals surface area (Å²) in [5.74, 6) is 0.615. The van der Waals surface area contributed by atoms with E-state index in [1.807, 2.05) is 25.3 Å². The molecule has 3 heterocycles. The van der Waals surface area contributed by atoms with Crippen LogP contribution in [0.4, 0.5) is 0 Å². The van der Waals surface area contributed by atoms with Crippen LogP contribution in [-0.4, -0.2) is 26.0 Å². The molecule has 4 rings (SSSR count). The second-order valence-corrected chi connectivity index (χ2v) is 7.94. The fourth-order valence-electron chi connectivity index (χ4n) is 3.62. The highest BCUT2D eigenvalue weighted by molar-refractivity contribution is 5.91. The fourth-order valence-corrected chi connectivity index (χ4v) is 3.62. The molecule has 1 N–H and O–H groups in total. The van der Waals surface area contributed by atoms with E-state index in [0.29, 0.717) is 5.82 Å². The van der Waals surface area contributed by atoms with Gasteiger partial charge in [-0.25, -0.2) is 9.97 Å². The number of aryl methyl sites for hydroxylation is 1. The quantitative estimate of drug-likeness (QED) is 0.747. The molecular weight excluding hydrogens is 354 g/mol. The Labute approximate surface area is 163 Å². The Bertz CT molecular complexity index is 997. The Morgan fingerprint density at radius 2 is 2.21 bits per heavy atom. The van der Waals surface area contributed by atoms with Crippen molar-refractivity contribution in [3.05, 3.63) is 59.5 Å². The number of hydrogen-bond acceptors (Lipinski definition) is 6. The molecule has 0 bridgehead atoms. The van der Waals surface area contributed by atoms with E-state index >= 15 is 0 Å². The lowest BCUT2D eigenvalue weighted by atomic mass is 9.74. The predicted molar refractivity (Wildman–Crippen MR) is 103 cm³/mol. The van der Waals surface area contributed by atoms with Crippen LogP contribution in [-0.2, 0) is 12.8 Å². The van der Waals surface area contributed by atoms with E-state index in [2.05, 4.69) is 34.3 Å². The van der Waals surface area contributed by atoms with E-state index in [9.17, 15) is 4.79 Å². The maximum absolute atomic E-state index is 12.7. The predicted octanol–water partition coefficient (Wildman–Crippen LogP) is 3.53. The molecule has 0 unspecified atom stereocenters. The number of nitrogens with zero attached hydrogens (tertiary/aromatic N) is 4. The summed E-state index contributed by atoms with van der Waals surface area (Å²) in [7, 11) is 0. The Hall–Kier alpha value is -3.09. The molecule has 7 heteroatoms. The van der Waals surface area contributed by atoms with Crippen molar-refractivity contribution in [1.29, 1.82) is 0 Å². The molecule has 1 amide bonds. The van der Waals surface area contributed by atoms with E-state index in [0.717, 1.165) is 41.8 Å². The van der Waals surface area contributed by atoms with E-state index in [1.165, 1.54) is 0 Å². The highest BCUT2D eigenvalue weighted by Gasteiger charge is 2.35. The highest BCUT2D eigenvalue weighted by Crippen LogP contribution is 2.40. The van der Waals surface area contributed by atoms with Crippen molar-refractivity contribution in [1.82, 2.24) is 25.4 Å². The molecule has 1 aliphatic rings. The Kier molecular flexibility index (Phi) is 4.66. The van der Waals surface area contributed by atoms with Gasteiger partial charge in [-0.1, -0.05) is 25.9 Å². The van der Waals surface area contributed by atoms with Crippen molar-refractivity contribution in [3.63, 3.8) is 0 Å². The summed E-state index contributed by atoms with van der Waals surface area (Å²) in [4.78, 5) is 26.1. The van der Waals surface area contributed by atoms with Gasteiger partial charge in [-0.2, -0.15) is 0 Å². The monoisotopic (exact) mass is 377 g/mol. The summed E-state index contributed by atoms with van der Waals surface area (Å²) >= 11 is 0. The molecule has 3 aromatic rings. The largest absolute Gasteiger partial charge is 0.351 e. The van der Waals surface area contributed by atoms with Crippen LogP contribution in [0.15, 0.2) is 41.3 Å². The van der Waals surface area contributed by atoms with Crippen molar-refractivity contribution < 1.29 is 9.32 Å². The third-order valence-electron chi connectivity index (χ3n) is 5.05. The molecule has 1 atom stereocenters. The number of carbonyl (C=O) groups is 1. The van der Waals surface area contributed by atoms with Gasteiger partial charge >= 0.3 is 0 Å². The van der Waals surface area contributed by atoms with E-state index in [4.69, 9.17) is 9.51 Å². The van der Waals surface area contributed by atoms with Gasteiger partial charge in [0.15, 0.2) is 5.82 Å². The molecule has 0 spiro atoms. The number of pyridine rings is 1. The van der Waals surface area contributed by atoms with Crippen LogP contribution in [0, 0.1) is 5.41 Å². The summed E-state index contributed by atoms with van der Waals surface area (Å²) in [5, 5.41) is 6.98. The lowest BCUT2D eigenvalue weighted by Gasteiger charge is -2.36. The Morgan fingerprint density at radius 3 is 2.93 bits per heavy atom. The van der Waals surface area contributed by atoms with Crippen molar-refractivity contribution in [3.8, 4) is 11.4 Å². The molecule has 0 fully saturated rings. The highest BCUT2D eigenvalue weighted by atomic mass is 16.5. The second-order valence-electron chi connectivity index (χ2n) is 7.94. The van der Waals surface area contributed by atoms with Crippen molar-refractivity contribution >= 4 is 5.91 Å². The minimum absolute atomic E-state index is 0.00149. The van der Waals surface area contributed by atoms with Gasteiger partial charge in [0.2, 0.25) is 5.76 Å². The molecule has 144 valence electrons. The summed E-state index contributed by atoms with van der Waals surface area (Å²) in [6, 6.07) is 5.32. The number of hydrogen-bond donors (Lipinski definition) is 1. The molecule has 0 saturated carbocycles. The van der Waals surface area contributed by atoms with E-state index < -0.39 is 0 Å². The third-order valence-corrected chi connectivity index (χ3v) is 5.05. The number of amides is 1. The second kappa shape index (κ2) is 7.14. The summed E-state index contributed by atoms with van der Waals surface area (Å²) in [6.45, 7) is 6.34. The van der Waals surface area contributed by atoms with Crippen molar-refractivity contribution in [2.45, 2.75) is 46.1 Å². The molecule has 0 saturated heterocycles. The van der Waals surface area contributed by atoms with Crippen LogP contribution in [0.5, 0.6) is 0 Å². The van der Waals surface area contributed by atoms with Crippen LogP contribution in [0.3, 0.4) is 0 Å². The van der Waals surface area contributed by atoms with Crippen LogP contribution >= 0.6 is 0 Å². The topological polar surface area (TPSA) is 93.8 Å². The maximum Gasteiger partial charge on any atom is 0.290 e. The standard InChI is InChI=1S/C21H23N5O2/c1-4-14-8-18(28-26-14)20(27)25-17-10-21(2,3)9-16-15(17)12-23-19(24-16)13-6-5-7-22-11-13/h5-8,11-12,17H,4,9-10H2,1-3H3,(H,25,27)/t17-/m0/s1. The molecule has 1 aliphatic carbocycles. The van der Waals surface area contributed by atoms with Gasteiger partial charge in [-0.15, -0.1) is 0 Å². The van der Waals surface area contributed by atoms with Gasteiger partial charge in [0.05, 0.1) is 17.4 Å². The minimum atomic E-state index is -0.266. The fraction of sp³-hybridized carbons (Fsp3) is 0.381. The van der Waals surface area contributed by atoms with Gasteiger partial charge < -0.3 is 9.84 Å². The van der Waals surface area contributed by atoms with Crippen molar-refractivity contribution in [2.75, 3.05) is 0 Å². The average Bonchev–Trinajstić information content (AvgIpc) is 3.17. The molecule has 0 aliphatic heterocycles. The van der Waals surface area contributed by atoms with Gasteiger partial charge in [-0.3, -0.25) is 9.78 Å². The van der Waals surface area contributed by atoms with E-state index in [-0.39, 0.29) is 23.1 Å². The maximum atomic E-state index is 12.7. The van der Waals surface area contributed by atoms with Gasteiger partial charge in [0, 0.05) is 35.8 Å². The zero-order valence-electron chi connectivity index (χ0n) is 16.3. The van der Waals surface area contributed by atoms with Gasteiger partial charge in [-0.05, 0) is 36.8 Å². The molecule has 3 aromatic heterocycles. The number of aromatic nitrogens is 4. The number of carbonyl (C=O) groups excluding carboxylic acids is 1. The van der Waals surface area contributed by atoms with Gasteiger partial charge in [0.1, 0.15) is 0 Å². The Morgan fingerprint density at radius 1 is 1.36 bits per heavy atom. The SMILES string of the molecule is CCc1cc(C(=O)N[C@H]2CC(C)(C)Cc3nc(-c4cccnc4)ncc32)on1. The summed E-state index contributed by atoms with van der Waals surface area (Å²) in [6.07, 6.45) is 7.65. The zero-order valence-corrected chi connectivity index (χ0v) is 16.3. The minimum Gasteiger partial charge on any atom is -0.351 e. The van der Waals surface area contributed by atoms with Crippen LogP contribution < -0.4 is 5.32 Å². The molecular formula is C21H23N5O2. The number of rotatable bonds is 4. The smallest absolute Gasteiger partial charge is 0.290 e. The molecule has 28 heavy (non-hydrogen) atoms. The van der Waals surface area contributed by atoms with Crippen LogP contribution in [0.2, 0.25) is 0 Å². The summed E-state index contributed by atoms with van der Waals surface area (Å²) < 4.78 is 5.18. The first kappa shape index (κ1) is 18.3. The van der Waals surface area contributed by atoms with Crippen LogP contribution in [0.1, 0.15) is 60.7 Å². The lowest BCUT2D eigenvalue weighted by molar-refractivity contribution is 0.0881. The number of nitrogens with one attached hydrogen (secondary N) is 1. The third kappa shape index (κ3) is 3.65. The van der Waals surface area contributed by atoms with E-state index in [1.54, 1.807) is 18.5 Å². The molecule has 0 radical (unpaired) electrons. The Balaban J connectivity index is 1.63. The average molecular weight is 377 g/mol. The van der Waals surface area contributed by atoms with Crippen molar-refractivity contribution in [2.24, 2.45) is 5.41 Å². The first-order valence-corrected chi connectivity index (χ1v) is 9.48. The number of fused-ring (bicyclic) bond motifs is 1. The summed E-state index contributed by atoms with van der Waals surface area (Å²) in [5.41, 5.74) is 3.56. The molecule has 0 aromatic carbocycles. The normalized spacial score (nSPS) is 17.8. The zero-order chi connectivity index (χ0) is 19.7. The molecule has 7 nitrogen and oxygen atoms in total. The first-order valence-electron chi connectivity index (χ1n) is 9.48. The van der Waals surface area contributed by atoms with Gasteiger partial charge in [0.25, 0.3) is 5.91 Å². The first-order chi connectivity index (χ1) is 13.4. The lowest BCUT2D eigenvalue weighted by Crippen LogP contribution is -2.37. The van der Waals surface area contributed by atoms with Crippen LogP contribution in [0.25, 0.3) is 11.4 Å².